The molecule has 1 unspecified atom stereocenters. The molecule has 0 saturated carbocycles. The molecular formula is C12H20Cl3NO3. The lowest BCUT2D eigenvalue weighted by Gasteiger charge is -2.19. The van der Waals surface area contributed by atoms with Crippen LogP contribution in [0.15, 0.2) is 0 Å². The van der Waals surface area contributed by atoms with Crippen LogP contribution in [0.4, 0.5) is 0 Å². The molecule has 0 aliphatic heterocycles. The molecule has 0 aliphatic carbocycles. The van der Waals surface area contributed by atoms with Crippen molar-refractivity contribution >= 4 is 46.7 Å². The van der Waals surface area contributed by atoms with Gasteiger partial charge in [0.2, 0.25) is 0 Å². The van der Waals surface area contributed by atoms with Crippen LogP contribution in [0, 0.1) is 0 Å². The highest BCUT2D eigenvalue weighted by Gasteiger charge is 2.34. The topological polar surface area (TPSA) is 55.4 Å². The minimum Gasteiger partial charge on any atom is -0.464 e. The van der Waals surface area contributed by atoms with E-state index < -0.39 is 21.7 Å². The van der Waals surface area contributed by atoms with Crippen molar-refractivity contribution in [3.05, 3.63) is 0 Å². The third-order valence-electron chi connectivity index (χ3n) is 2.48. The maximum atomic E-state index is 11.7. The highest BCUT2D eigenvalue weighted by atomic mass is 35.6. The second-order valence-corrected chi connectivity index (χ2v) is 6.41. The SMILES string of the molecule is CCCCCCC(NC(=O)C(Cl)(Cl)Cl)C(=O)OCC. The monoisotopic (exact) mass is 331 g/mol. The molecule has 1 N–H and O–H groups in total. The Labute approximate surface area is 129 Å². The third-order valence-corrected chi connectivity index (χ3v) is 3.00. The zero-order chi connectivity index (χ0) is 14.9. The lowest BCUT2D eigenvalue weighted by molar-refractivity contribution is -0.147. The van der Waals surface area contributed by atoms with E-state index >= 15 is 0 Å². The summed E-state index contributed by atoms with van der Waals surface area (Å²) in [7, 11) is 0. The third kappa shape index (κ3) is 8.56. The van der Waals surface area contributed by atoms with E-state index in [1.54, 1.807) is 6.92 Å². The Morgan fingerprint density at radius 1 is 1.16 bits per heavy atom. The molecule has 7 heteroatoms. The smallest absolute Gasteiger partial charge is 0.328 e. The van der Waals surface area contributed by atoms with Crippen molar-refractivity contribution in [3.63, 3.8) is 0 Å². The molecule has 0 spiro atoms. The highest BCUT2D eigenvalue weighted by Crippen LogP contribution is 2.26. The lowest BCUT2D eigenvalue weighted by Crippen LogP contribution is -2.46. The minimum absolute atomic E-state index is 0.244. The van der Waals surface area contributed by atoms with E-state index in [1.807, 2.05) is 0 Å². The highest BCUT2D eigenvalue weighted by molar-refractivity contribution is 6.76. The number of alkyl halides is 3. The van der Waals surface area contributed by atoms with Crippen molar-refractivity contribution < 1.29 is 14.3 Å². The molecule has 0 aliphatic rings. The first-order valence-electron chi connectivity index (χ1n) is 6.37. The van der Waals surface area contributed by atoms with Crippen LogP contribution < -0.4 is 5.32 Å². The van der Waals surface area contributed by atoms with E-state index in [1.165, 1.54) is 0 Å². The normalized spacial score (nSPS) is 12.9. The van der Waals surface area contributed by atoms with E-state index in [9.17, 15) is 9.59 Å². The van der Waals surface area contributed by atoms with Crippen LogP contribution in [0.5, 0.6) is 0 Å². The average Bonchev–Trinajstić information content (AvgIpc) is 2.31. The van der Waals surface area contributed by atoms with E-state index in [-0.39, 0.29) is 6.61 Å². The van der Waals surface area contributed by atoms with E-state index in [2.05, 4.69) is 12.2 Å². The fourth-order valence-corrected chi connectivity index (χ4v) is 1.67. The molecule has 1 atom stereocenters. The predicted molar refractivity (Wildman–Crippen MR) is 77.6 cm³/mol. The number of rotatable bonds is 8. The van der Waals surface area contributed by atoms with E-state index in [4.69, 9.17) is 39.5 Å². The van der Waals surface area contributed by atoms with Crippen LogP contribution in [0.25, 0.3) is 0 Å². The first kappa shape index (κ1) is 18.8. The second kappa shape index (κ2) is 9.67. The van der Waals surface area contributed by atoms with Gasteiger partial charge in [0.25, 0.3) is 9.70 Å². The minimum atomic E-state index is -2.08. The number of ether oxygens (including phenoxy) is 1. The van der Waals surface area contributed by atoms with Gasteiger partial charge in [0.15, 0.2) is 0 Å². The molecular weight excluding hydrogens is 312 g/mol. The summed E-state index contributed by atoms with van der Waals surface area (Å²) in [5, 5.41) is 2.41. The molecule has 0 aromatic heterocycles. The van der Waals surface area contributed by atoms with Crippen molar-refractivity contribution in [2.45, 2.75) is 55.8 Å². The van der Waals surface area contributed by atoms with E-state index in [0.29, 0.717) is 6.42 Å². The largest absolute Gasteiger partial charge is 0.464 e. The van der Waals surface area contributed by atoms with Gasteiger partial charge in [0.05, 0.1) is 6.61 Å². The standard InChI is InChI=1S/C12H20Cl3NO3/c1-3-5-6-7-8-9(10(17)19-4-2)16-11(18)12(13,14)15/h9H,3-8H2,1-2H3,(H,16,18). The fourth-order valence-electron chi connectivity index (χ4n) is 1.51. The number of nitrogens with one attached hydrogen (secondary N) is 1. The summed E-state index contributed by atoms with van der Waals surface area (Å²) in [6, 6.07) is -0.764. The second-order valence-electron chi connectivity index (χ2n) is 4.13. The van der Waals surface area contributed by atoms with Gasteiger partial charge >= 0.3 is 5.97 Å². The lowest BCUT2D eigenvalue weighted by atomic mass is 10.1. The summed E-state index contributed by atoms with van der Waals surface area (Å²) in [6.07, 6.45) is 4.43. The van der Waals surface area contributed by atoms with Gasteiger partial charge in [-0.2, -0.15) is 0 Å². The van der Waals surface area contributed by atoms with Crippen LogP contribution in [0.2, 0.25) is 0 Å². The summed E-state index contributed by atoms with van der Waals surface area (Å²) >= 11 is 16.4. The molecule has 0 aromatic carbocycles. The molecule has 0 rings (SSSR count). The molecule has 19 heavy (non-hydrogen) atoms. The Balaban J connectivity index is 4.41. The molecule has 1 amide bonds. The number of amides is 1. The Morgan fingerprint density at radius 3 is 2.26 bits per heavy atom. The number of halogens is 3. The van der Waals surface area contributed by atoms with Crippen LogP contribution in [0.1, 0.15) is 46.0 Å². The molecule has 112 valence electrons. The Morgan fingerprint density at radius 2 is 1.79 bits per heavy atom. The van der Waals surface area contributed by atoms with Crippen LogP contribution in [-0.2, 0) is 14.3 Å². The first-order valence-corrected chi connectivity index (χ1v) is 7.50. The Kier molecular flexibility index (Phi) is 9.58. The quantitative estimate of drug-likeness (QED) is 0.421. The Bertz CT molecular complexity index is 292. The van der Waals surface area contributed by atoms with Gasteiger partial charge in [-0.05, 0) is 13.3 Å². The number of hydrogen-bond donors (Lipinski definition) is 1. The van der Waals surface area contributed by atoms with Crippen LogP contribution in [-0.4, -0.2) is 28.3 Å². The van der Waals surface area contributed by atoms with Gasteiger partial charge in [-0.25, -0.2) is 4.79 Å². The maximum absolute atomic E-state index is 11.7. The van der Waals surface area contributed by atoms with Crippen molar-refractivity contribution in [2.24, 2.45) is 0 Å². The van der Waals surface area contributed by atoms with Gasteiger partial charge in [-0.15, -0.1) is 0 Å². The molecule has 0 radical (unpaired) electrons. The van der Waals surface area contributed by atoms with Crippen molar-refractivity contribution in [1.29, 1.82) is 0 Å². The summed E-state index contributed by atoms with van der Waals surface area (Å²) < 4.78 is 2.82. The zero-order valence-corrected chi connectivity index (χ0v) is 13.4. The number of carbonyl (C=O) groups excluding carboxylic acids is 2. The first-order chi connectivity index (χ1) is 8.82. The summed E-state index contributed by atoms with van der Waals surface area (Å²) in [6.45, 7) is 4.03. The number of esters is 1. The van der Waals surface area contributed by atoms with Gasteiger partial charge < -0.3 is 10.1 Å². The molecule has 0 saturated heterocycles. The summed E-state index contributed by atoms with van der Waals surface area (Å²) in [5.74, 6) is -1.31. The predicted octanol–water partition coefficient (Wildman–Crippen LogP) is 3.37. The van der Waals surface area contributed by atoms with E-state index in [0.717, 1.165) is 25.7 Å². The maximum Gasteiger partial charge on any atom is 0.328 e. The average molecular weight is 333 g/mol. The summed E-state index contributed by atoms with van der Waals surface area (Å²) in [5.41, 5.74) is 0. The van der Waals surface area contributed by atoms with Crippen molar-refractivity contribution in [3.8, 4) is 0 Å². The molecule has 0 bridgehead atoms. The van der Waals surface area contributed by atoms with Gasteiger partial charge in [0, 0.05) is 0 Å². The summed E-state index contributed by atoms with van der Waals surface area (Å²) in [4.78, 5) is 23.3. The van der Waals surface area contributed by atoms with Gasteiger partial charge in [-0.3, -0.25) is 4.79 Å². The van der Waals surface area contributed by atoms with Crippen molar-refractivity contribution in [2.75, 3.05) is 6.61 Å². The molecule has 0 aromatic rings. The van der Waals surface area contributed by atoms with Crippen LogP contribution >= 0.6 is 34.8 Å². The number of carbonyl (C=O) groups is 2. The fraction of sp³-hybridized carbons (Fsp3) is 0.833. The zero-order valence-electron chi connectivity index (χ0n) is 11.2. The molecule has 0 heterocycles. The molecule has 0 fully saturated rings. The Hall–Kier alpha value is -0.190. The number of hydrogen-bond acceptors (Lipinski definition) is 3. The van der Waals surface area contributed by atoms with Crippen LogP contribution in [0.3, 0.4) is 0 Å². The number of unbranched alkanes of at least 4 members (excludes halogenated alkanes) is 3. The van der Waals surface area contributed by atoms with Crippen molar-refractivity contribution in [1.82, 2.24) is 5.32 Å². The van der Waals surface area contributed by atoms with Gasteiger partial charge in [0.1, 0.15) is 6.04 Å². The molecule has 4 nitrogen and oxygen atoms in total. The van der Waals surface area contributed by atoms with Gasteiger partial charge in [-0.1, -0.05) is 67.4 Å².